The average Bonchev–Trinajstić information content (AvgIpc) is 2.81. The summed E-state index contributed by atoms with van der Waals surface area (Å²) in [6.07, 6.45) is 1.40. The molecular formula is C18H22N6OSe. The Bertz CT molecular complexity index is 972. The molecule has 1 amide bonds. The number of carbonyl (C=O) groups excluding carboxylic acids is 1. The van der Waals surface area contributed by atoms with Gasteiger partial charge in [0.05, 0.1) is 0 Å². The van der Waals surface area contributed by atoms with E-state index in [0.717, 1.165) is 5.56 Å². The molecule has 0 aliphatic rings. The molecule has 2 aromatic heterocycles. The van der Waals surface area contributed by atoms with Crippen LogP contribution in [0.1, 0.15) is 31.9 Å². The third-order valence-corrected chi connectivity index (χ3v) is 5.94. The third kappa shape index (κ3) is 3.38. The zero-order valence-electron chi connectivity index (χ0n) is 15.0. The molecule has 0 saturated heterocycles. The van der Waals surface area contributed by atoms with Crippen LogP contribution in [0.5, 0.6) is 0 Å². The summed E-state index contributed by atoms with van der Waals surface area (Å²) in [7, 11) is 0. The summed E-state index contributed by atoms with van der Waals surface area (Å²) in [6, 6.07) is 8.40. The Balaban J connectivity index is 2.07. The molecule has 0 aliphatic carbocycles. The molecule has 0 aliphatic heterocycles. The molecule has 1 aromatic carbocycles. The molecule has 0 radical (unpaired) electrons. The van der Waals surface area contributed by atoms with Crippen molar-refractivity contribution in [2.75, 3.05) is 11.5 Å². The molecule has 0 bridgehead atoms. The number of aromatic nitrogens is 3. The van der Waals surface area contributed by atoms with E-state index in [0.29, 0.717) is 33.7 Å². The maximum atomic E-state index is 11.5. The van der Waals surface area contributed by atoms with Crippen LogP contribution in [-0.2, 0) is 12.0 Å². The zero-order chi connectivity index (χ0) is 19.1. The second kappa shape index (κ2) is 6.63. The van der Waals surface area contributed by atoms with Gasteiger partial charge in [-0.1, -0.05) is 0 Å². The van der Waals surface area contributed by atoms with Crippen LogP contribution >= 0.6 is 0 Å². The van der Waals surface area contributed by atoms with Crippen molar-refractivity contribution in [3.8, 4) is 0 Å². The topological polar surface area (TPSA) is 126 Å². The molecule has 6 N–H and O–H groups in total. The molecule has 3 rings (SSSR count). The van der Waals surface area contributed by atoms with Crippen LogP contribution in [0.2, 0.25) is 0 Å². The molecule has 0 unspecified atom stereocenters. The zero-order valence-corrected chi connectivity index (χ0v) is 16.7. The van der Waals surface area contributed by atoms with Crippen molar-refractivity contribution in [1.29, 1.82) is 0 Å². The van der Waals surface area contributed by atoms with Gasteiger partial charge in [0, 0.05) is 0 Å². The Hall–Kier alpha value is -2.57. The number of benzene rings is 1. The summed E-state index contributed by atoms with van der Waals surface area (Å²) in [6.45, 7) is 7.06. The summed E-state index contributed by atoms with van der Waals surface area (Å²) in [4.78, 5) is 19.4. The van der Waals surface area contributed by atoms with Gasteiger partial charge in [-0.3, -0.25) is 0 Å². The molecule has 26 heavy (non-hydrogen) atoms. The van der Waals surface area contributed by atoms with Gasteiger partial charge in [-0.15, -0.1) is 0 Å². The average molecular weight is 417 g/mol. The van der Waals surface area contributed by atoms with Gasteiger partial charge in [0.25, 0.3) is 0 Å². The van der Waals surface area contributed by atoms with Crippen LogP contribution in [0, 0.1) is 0 Å². The quantitative estimate of drug-likeness (QED) is 0.553. The molecule has 0 saturated carbocycles. The Morgan fingerprint density at radius 2 is 1.81 bits per heavy atom. The summed E-state index contributed by atoms with van der Waals surface area (Å²) >= 11 is -0.636. The van der Waals surface area contributed by atoms with E-state index >= 15 is 0 Å². The SMILES string of the molecule is CC(C)(C)c1ccc(Cn2c(N)c([Se]C(N)=O)c3c(N)ncnc32)cc1. The van der Waals surface area contributed by atoms with Crippen molar-refractivity contribution < 1.29 is 4.79 Å². The predicted molar refractivity (Wildman–Crippen MR) is 106 cm³/mol. The predicted octanol–water partition coefficient (Wildman–Crippen LogP) is 1.35. The van der Waals surface area contributed by atoms with E-state index in [1.807, 2.05) is 4.57 Å². The van der Waals surface area contributed by atoms with Crippen LogP contribution in [0.3, 0.4) is 0 Å². The summed E-state index contributed by atoms with van der Waals surface area (Å²) in [5, 5.41) is 0.620. The standard InChI is InChI=1S/C18H22N6OSe/c1-18(2,3)11-6-4-10(5-7-11)8-24-15(20)13(26-17(21)25)12-14(19)22-9-23-16(12)24/h4-7,9H,8,20H2,1-3H3,(H2,21,25)(H2,19,22,23). The second-order valence-electron chi connectivity index (χ2n) is 7.13. The minimum atomic E-state index is -0.636. The van der Waals surface area contributed by atoms with Crippen molar-refractivity contribution in [3.63, 3.8) is 0 Å². The van der Waals surface area contributed by atoms with Crippen LogP contribution in [0.25, 0.3) is 11.0 Å². The number of nitrogen functional groups attached to an aromatic ring is 2. The van der Waals surface area contributed by atoms with Gasteiger partial charge < -0.3 is 0 Å². The van der Waals surface area contributed by atoms with E-state index in [1.165, 1.54) is 11.9 Å². The molecule has 2 heterocycles. The van der Waals surface area contributed by atoms with Gasteiger partial charge in [-0.05, 0) is 0 Å². The molecule has 7 nitrogen and oxygen atoms in total. The van der Waals surface area contributed by atoms with Gasteiger partial charge in [-0.25, -0.2) is 0 Å². The number of fused-ring (bicyclic) bond motifs is 1. The Kier molecular flexibility index (Phi) is 4.64. The van der Waals surface area contributed by atoms with Gasteiger partial charge in [0.2, 0.25) is 0 Å². The molecule has 136 valence electrons. The number of carbonyl (C=O) groups is 1. The molecular weight excluding hydrogens is 395 g/mol. The van der Waals surface area contributed by atoms with Crippen molar-refractivity contribution in [3.05, 3.63) is 41.7 Å². The fourth-order valence-electron chi connectivity index (χ4n) is 2.83. The number of hydrogen-bond acceptors (Lipinski definition) is 5. The van der Waals surface area contributed by atoms with Gasteiger partial charge in [-0.2, -0.15) is 0 Å². The fourth-order valence-corrected chi connectivity index (χ4v) is 4.33. The van der Waals surface area contributed by atoms with E-state index in [4.69, 9.17) is 17.2 Å². The number of anilines is 2. The number of nitrogens with zero attached hydrogens (tertiary/aromatic N) is 3. The van der Waals surface area contributed by atoms with E-state index in [1.54, 1.807) is 0 Å². The van der Waals surface area contributed by atoms with E-state index in [-0.39, 0.29) is 5.41 Å². The van der Waals surface area contributed by atoms with Gasteiger partial charge in [0.15, 0.2) is 0 Å². The Morgan fingerprint density at radius 3 is 2.38 bits per heavy atom. The normalized spacial score (nSPS) is 11.8. The minimum absolute atomic E-state index is 0.0938. The fraction of sp³-hybridized carbons (Fsp3) is 0.278. The first kappa shape index (κ1) is 18.2. The first-order valence-electron chi connectivity index (χ1n) is 8.13. The number of amides is 1. The van der Waals surface area contributed by atoms with Crippen molar-refractivity contribution >= 4 is 46.9 Å². The summed E-state index contributed by atoms with van der Waals surface area (Å²) in [5.41, 5.74) is 20.8. The van der Waals surface area contributed by atoms with Crippen molar-refractivity contribution in [2.45, 2.75) is 32.7 Å². The third-order valence-electron chi connectivity index (χ3n) is 4.23. The Labute approximate surface area is 158 Å². The number of nitrogens with two attached hydrogens (primary N) is 3. The summed E-state index contributed by atoms with van der Waals surface area (Å²) < 4.78 is 2.50. The van der Waals surface area contributed by atoms with E-state index in [2.05, 4.69) is 55.0 Å². The number of primary amides is 1. The molecule has 3 aromatic rings. The van der Waals surface area contributed by atoms with Crippen LogP contribution in [0.15, 0.2) is 30.6 Å². The van der Waals surface area contributed by atoms with Crippen molar-refractivity contribution in [2.24, 2.45) is 5.73 Å². The number of hydrogen-bond donors (Lipinski definition) is 3. The monoisotopic (exact) mass is 418 g/mol. The van der Waals surface area contributed by atoms with E-state index in [9.17, 15) is 4.79 Å². The second-order valence-corrected chi connectivity index (χ2v) is 9.26. The first-order valence-corrected chi connectivity index (χ1v) is 9.84. The van der Waals surface area contributed by atoms with Gasteiger partial charge in [0.1, 0.15) is 0 Å². The van der Waals surface area contributed by atoms with E-state index < -0.39 is 19.8 Å². The van der Waals surface area contributed by atoms with Gasteiger partial charge >= 0.3 is 158 Å². The van der Waals surface area contributed by atoms with Crippen LogP contribution < -0.4 is 21.7 Å². The molecule has 8 heteroatoms. The van der Waals surface area contributed by atoms with Crippen molar-refractivity contribution in [1.82, 2.24) is 14.5 Å². The molecule has 0 fully saturated rings. The Morgan fingerprint density at radius 1 is 1.15 bits per heavy atom. The summed E-state index contributed by atoms with van der Waals surface area (Å²) in [5.74, 6) is 0.771. The molecule has 0 spiro atoms. The van der Waals surface area contributed by atoms with Crippen LogP contribution in [0.4, 0.5) is 16.4 Å². The van der Waals surface area contributed by atoms with Crippen LogP contribution in [-0.4, -0.2) is 34.3 Å². The molecule has 0 atom stereocenters. The first-order chi connectivity index (χ1) is 12.2. The maximum absolute atomic E-state index is 11.5. The number of rotatable bonds is 4.